The van der Waals surface area contributed by atoms with Crippen molar-refractivity contribution >= 4 is 43.5 Å². The lowest BCUT2D eigenvalue weighted by Crippen LogP contribution is -2.54. The molecule has 4 rings (SSSR count). The summed E-state index contributed by atoms with van der Waals surface area (Å²) >= 11 is 3.38. The second kappa shape index (κ2) is 15.3. The number of carbonyl (C=O) groups is 2. The van der Waals surface area contributed by atoms with Crippen LogP contribution < -0.4 is 9.62 Å². The number of benzene rings is 4. The van der Waals surface area contributed by atoms with Crippen LogP contribution >= 0.6 is 15.9 Å². The van der Waals surface area contributed by atoms with E-state index in [1.165, 1.54) is 23.1 Å². The van der Waals surface area contributed by atoms with E-state index in [0.717, 1.165) is 19.9 Å². The lowest BCUT2D eigenvalue weighted by Gasteiger charge is -2.34. The Kier molecular flexibility index (Phi) is 11.5. The molecule has 45 heavy (non-hydrogen) atoms. The van der Waals surface area contributed by atoms with Gasteiger partial charge in [0.2, 0.25) is 11.8 Å². The molecule has 0 aliphatic carbocycles. The van der Waals surface area contributed by atoms with Gasteiger partial charge in [0.05, 0.1) is 10.6 Å². The molecule has 0 aromatic heterocycles. The van der Waals surface area contributed by atoms with Crippen molar-refractivity contribution in [3.8, 4) is 0 Å². The third-order valence-corrected chi connectivity index (χ3v) is 9.89. The molecule has 236 valence electrons. The van der Waals surface area contributed by atoms with Gasteiger partial charge >= 0.3 is 0 Å². The molecule has 0 spiro atoms. The number of rotatable bonds is 13. The minimum atomic E-state index is -4.23. The second-order valence-corrected chi connectivity index (χ2v) is 13.7. The van der Waals surface area contributed by atoms with Gasteiger partial charge in [-0.15, -0.1) is 0 Å². The number of hydrogen-bond donors (Lipinski definition) is 1. The summed E-state index contributed by atoms with van der Waals surface area (Å²) < 4.78 is 45.0. The molecule has 1 N–H and O–H groups in total. The van der Waals surface area contributed by atoms with Crippen molar-refractivity contribution in [1.29, 1.82) is 0 Å². The molecule has 10 heteroatoms. The van der Waals surface area contributed by atoms with E-state index in [1.807, 2.05) is 51.1 Å². The van der Waals surface area contributed by atoms with Crippen molar-refractivity contribution in [1.82, 2.24) is 10.2 Å². The molecule has 0 unspecified atom stereocenters. The summed E-state index contributed by atoms with van der Waals surface area (Å²) in [6.45, 7) is 4.80. The Morgan fingerprint density at radius 1 is 0.889 bits per heavy atom. The zero-order valence-corrected chi connectivity index (χ0v) is 27.9. The molecule has 0 saturated carbocycles. The van der Waals surface area contributed by atoms with Gasteiger partial charge in [-0.3, -0.25) is 13.9 Å². The number of sulfonamides is 1. The molecule has 0 aliphatic rings. The Morgan fingerprint density at radius 3 is 2.13 bits per heavy atom. The van der Waals surface area contributed by atoms with Gasteiger partial charge in [0, 0.05) is 29.0 Å². The van der Waals surface area contributed by atoms with E-state index in [9.17, 15) is 18.0 Å². The smallest absolute Gasteiger partial charge is 0.264 e. The molecule has 0 saturated heterocycles. The number of nitrogens with one attached hydrogen (secondary N) is 1. The first-order chi connectivity index (χ1) is 21.5. The molecule has 4 aromatic rings. The van der Waals surface area contributed by atoms with Crippen LogP contribution in [0.5, 0.6) is 0 Å². The Bertz CT molecular complexity index is 1700. The van der Waals surface area contributed by atoms with Gasteiger partial charge in [-0.1, -0.05) is 89.1 Å². The fourth-order valence-electron chi connectivity index (χ4n) is 4.78. The summed E-state index contributed by atoms with van der Waals surface area (Å²) in [5, 5.41) is 2.97. The van der Waals surface area contributed by atoms with Gasteiger partial charge in [0.25, 0.3) is 10.0 Å². The number of halogens is 2. The lowest BCUT2D eigenvalue weighted by molar-refractivity contribution is -0.140. The zero-order valence-electron chi connectivity index (χ0n) is 25.5. The number of carbonyl (C=O) groups excluding carboxylic acids is 2. The molecule has 0 heterocycles. The van der Waals surface area contributed by atoms with Crippen LogP contribution in [0.2, 0.25) is 0 Å². The van der Waals surface area contributed by atoms with Crippen LogP contribution in [0.1, 0.15) is 37.0 Å². The van der Waals surface area contributed by atoms with Crippen LogP contribution in [0.3, 0.4) is 0 Å². The molecular weight excluding hydrogens is 657 g/mol. The summed E-state index contributed by atoms with van der Waals surface area (Å²) in [5.41, 5.74) is 2.15. The molecule has 0 radical (unpaired) electrons. The van der Waals surface area contributed by atoms with Crippen LogP contribution in [0.15, 0.2) is 112 Å². The topological polar surface area (TPSA) is 86.8 Å². The van der Waals surface area contributed by atoms with Crippen molar-refractivity contribution in [2.45, 2.75) is 57.1 Å². The predicted molar refractivity (Wildman–Crippen MR) is 179 cm³/mol. The van der Waals surface area contributed by atoms with Crippen LogP contribution in [-0.4, -0.2) is 43.8 Å². The van der Waals surface area contributed by atoms with Gasteiger partial charge in [-0.05, 0) is 68.3 Å². The van der Waals surface area contributed by atoms with E-state index >= 15 is 4.39 Å². The van der Waals surface area contributed by atoms with Gasteiger partial charge < -0.3 is 10.2 Å². The largest absolute Gasteiger partial charge is 0.352 e. The summed E-state index contributed by atoms with van der Waals surface area (Å²) in [6.07, 6.45) is 0.809. The molecule has 2 amide bonds. The first-order valence-electron chi connectivity index (χ1n) is 14.7. The fraction of sp³-hybridized carbons (Fsp3) is 0.257. The normalized spacial score (nSPS) is 12.6. The van der Waals surface area contributed by atoms with Gasteiger partial charge in [-0.2, -0.15) is 0 Å². The number of amides is 2. The van der Waals surface area contributed by atoms with Crippen LogP contribution in [0.4, 0.5) is 10.1 Å². The number of hydrogen-bond acceptors (Lipinski definition) is 4. The number of nitrogens with zero attached hydrogens (tertiary/aromatic N) is 2. The summed E-state index contributed by atoms with van der Waals surface area (Å²) in [4.78, 5) is 29.6. The lowest BCUT2D eigenvalue weighted by atomic mass is 10.0. The van der Waals surface area contributed by atoms with E-state index in [4.69, 9.17) is 0 Å². The zero-order chi connectivity index (χ0) is 32.6. The molecule has 0 aliphatic heterocycles. The van der Waals surface area contributed by atoms with Crippen molar-refractivity contribution in [2.75, 3.05) is 10.8 Å². The summed E-state index contributed by atoms with van der Waals surface area (Å²) in [6, 6.07) is 27.0. The average molecular weight is 695 g/mol. The van der Waals surface area contributed by atoms with E-state index in [0.29, 0.717) is 6.42 Å². The Morgan fingerprint density at radius 2 is 1.51 bits per heavy atom. The fourth-order valence-corrected chi connectivity index (χ4v) is 6.46. The van der Waals surface area contributed by atoms with Gasteiger partial charge in [0.1, 0.15) is 18.4 Å². The van der Waals surface area contributed by atoms with Crippen LogP contribution in [-0.2, 0) is 32.6 Å². The van der Waals surface area contributed by atoms with Gasteiger partial charge in [0.15, 0.2) is 0 Å². The van der Waals surface area contributed by atoms with Crippen molar-refractivity contribution < 1.29 is 22.4 Å². The Balaban J connectivity index is 1.81. The summed E-state index contributed by atoms with van der Waals surface area (Å²) in [5.74, 6) is -1.60. The highest BCUT2D eigenvalue weighted by atomic mass is 79.9. The quantitative estimate of drug-likeness (QED) is 0.170. The standard InChI is InChI=1S/C35H37BrFN3O4S/c1-4-26(3)38-35(42)33(22-27-10-6-5-7-11-27)39(23-28-12-8-9-13-32(28)37)34(41)24-40(30-18-16-29(36)17-19-30)45(43,44)31-20-14-25(2)15-21-31/h5-21,26,33H,4,22-24H2,1-3H3,(H,38,42)/t26-,33-/m0/s1. The van der Waals surface area contributed by atoms with E-state index in [-0.39, 0.29) is 35.2 Å². The van der Waals surface area contributed by atoms with Crippen molar-refractivity contribution in [3.05, 3.63) is 130 Å². The second-order valence-electron chi connectivity index (χ2n) is 10.9. The third-order valence-electron chi connectivity index (χ3n) is 7.57. The van der Waals surface area contributed by atoms with Gasteiger partial charge in [-0.25, -0.2) is 12.8 Å². The predicted octanol–water partition coefficient (Wildman–Crippen LogP) is 6.65. The third kappa shape index (κ3) is 8.79. The highest BCUT2D eigenvalue weighted by Gasteiger charge is 2.35. The highest BCUT2D eigenvalue weighted by molar-refractivity contribution is 9.10. The molecule has 0 fully saturated rings. The maximum Gasteiger partial charge on any atom is 0.264 e. The Hall–Kier alpha value is -4.02. The molecule has 0 bridgehead atoms. The highest BCUT2D eigenvalue weighted by Crippen LogP contribution is 2.27. The molecule has 2 atom stereocenters. The maximum atomic E-state index is 15.0. The first-order valence-corrected chi connectivity index (χ1v) is 16.9. The number of anilines is 1. The monoisotopic (exact) mass is 693 g/mol. The summed E-state index contributed by atoms with van der Waals surface area (Å²) in [7, 11) is -4.23. The van der Waals surface area contributed by atoms with Crippen LogP contribution in [0, 0.1) is 12.7 Å². The Labute approximate surface area is 273 Å². The van der Waals surface area contributed by atoms with Crippen molar-refractivity contribution in [3.63, 3.8) is 0 Å². The minimum absolute atomic E-state index is 0.0137. The first kappa shape index (κ1) is 33.9. The molecular formula is C35H37BrFN3O4S. The van der Waals surface area contributed by atoms with E-state index < -0.39 is 40.2 Å². The maximum absolute atomic E-state index is 15.0. The molecule has 4 aromatic carbocycles. The molecule has 7 nitrogen and oxygen atoms in total. The average Bonchev–Trinajstić information content (AvgIpc) is 3.03. The number of aryl methyl sites for hydroxylation is 1. The van der Waals surface area contributed by atoms with Crippen molar-refractivity contribution in [2.24, 2.45) is 0 Å². The van der Waals surface area contributed by atoms with E-state index in [2.05, 4.69) is 21.2 Å². The van der Waals surface area contributed by atoms with Crippen LogP contribution in [0.25, 0.3) is 0 Å². The SMILES string of the molecule is CC[C@H](C)NC(=O)[C@H](Cc1ccccc1)N(Cc1ccccc1F)C(=O)CN(c1ccc(Br)cc1)S(=O)(=O)c1ccc(C)cc1. The van der Waals surface area contributed by atoms with E-state index in [1.54, 1.807) is 54.6 Å². The minimum Gasteiger partial charge on any atom is -0.352 e.